The molecule has 3 amide bonds. The van der Waals surface area contributed by atoms with E-state index < -0.39 is 17.5 Å². The van der Waals surface area contributed by atoms with Gasteiger partial charge in [0.25, 0.3) is 5.91 Å². The molecule has 1 aromatic heterocycles. The smallest absolute Gasteiger partial charge is 0.321 e. The first-order valence-electron chi connectivity index (χ1n) is 10.2. The number of hydrogen-bond acceptors (Lipinski definition) is 4. The number of nitrogens with one attached hydrogen (secondary N) is 2. The molecule has 4 rings (SSSR count). The Hall–Kier alpha value is -3.00. The molecule has 3 atom stereocenters. The van der Waals surface area contributed by atoms with Gasteiger partial charge in [-0.3, -0.25) is 9.78 Å². The van der Waals surface area contributed by atoms with Crippen molar-refractivity contribution in [1.29, 1.82) is 0 Å². The van der Waals surface area contributed by atoms with Crippen LogP contribution in [0.4, 0.5) is 20.6 Å². The molecule has 2 aliphatic rings. The van der Waals surface area contributed by atoms with Gasteiger partial charge >= 0.3 is 6.03 Å². The summed E-state index contributed by atoms with van der Waals surface area (Å²) < 4.78 is 19.6. The number of piperidine rings is 1. The van der Waals surface area contributed by atoms with Gasteiger partial charge in [-0.25, -0.2) is 9.18 Å². The standard InChI is InChI=1S/C22H25FN4O3/c1-15-14-27(21(29)26-17-5-2-4-16(23)12-17)11-9-22(15)8-7-19(30-22)20(28)25-18-6-3-10-24-13-18/h2-6,10,12-13,15,19H,7-9,11,14H2,1H3,(H,25,28)(H,26,29)/t15-,19-,22+/m1/s1. The quantitative estimate of drug-likeness (QED) is 0.806. The van der Waals surface area contributed by atoms with Gasteiger partial charge < -0.3 is 20.3 Å². The van der Waals surface area contributed by atoms with E-state index in [1.54, 1.807) is 41.6 Å². The Kier molecular flexibility index (Phi) is 5.67. The molecule has 3 heterocycles. The number of likely N-dealkylation sites (tertiary alicyclic amines) is 1. The van der Waals surface area contributed by atoms with Crippen molar-refractivity contribution in [2.24, 2.45) is 5.92 Å². The third-order valence-electron chi connectivity index (χ3n) is 5.99. The van der Waals surface area contributed by atoms with Gasteiger partial charge in [0.1, 0.15) is 11.9 Å². The SMILES string of the molecule is C[C@@H]1CN(C(=O)Nc2cccc(F)c2)CC[C@@]12CC[C@H](C(=O)Nc1cccnc1)O2. The zero-order valence-electron chi connectivity index (χ0n) is 16.8. The number of benzene rings is 1. The molecule has 2 aromatic rings. The van der Waals surface area contributed by atoms with Crippen LogP contribution in [0, 0.1) is 11.7 Å². The van der Waals surface area contributed by atoms with Crippen molar-refractivity contribution in [3.8, 4) is 0 Å². The lowest BCUT2D eigenvalue weighted by atomic mass is 9.80. The number of anilines is 2. The van der Waals surface area contributed by atoms with Crippen LogP contribution in [-0.2, 0) is 9.53 Å². The Morgan fingerprint density at radius 3 is 2.77 bits per heavy atom. The van der Waals surface area contributed by atoms with Crippen molar-refractivity contribution >= 4 is 23.3 Å². The summed E-state index contributed by atoms with van der Waals surface area (Å²) in [6.07, 6.45) is 4.81. The Labute approximate surface area is 174 Å². The number of halogens is 1. The molecule has 2 aliphatic heterocycles. The third kappa shape index (κ3) is 4.28. The van der Waals surface area contributed by atoms with Crippen LogP contribution in [-0.4, -0.2) is 46.6 Å². The fraction of sp³-hybridized carbons (Fsp3) is 0.409. The van der Waals surface area contributed by atoms with Crippen LogP contribution in [0.3, 0.4) is 0 Å². The number of amides is 3. The molecular weight excluding hydrogens is 387 g/mol. The first kappa shape index (κ1) is 20.3. The highest BCUT2D eigenvalue weighted by atomic mass is 19.1. The second-order valence-corrected chi connectivity index (χ2v) is 7.98. The highest BCUT2D eigenvalue weighted by Gasteiger charge is 2.49. The Morgan fingerprint density at radius 1 is 1.20 bits per heavy atom. The minimum atomic E-state index is -0.514. The van der Waals surface area contributed by atoms with Crippen LogP contribution in [0.15, 0.2) is 48.8 Å². The highest BCUT2D eigenvalue weighted by molar-refractivity contribution is 5.94. The van der Waals surface area contributed by atoms with Gasteiger partial charge in [0.2, 0.25) is 0 Å². The van der Waals surface area contributed by atoms with E-state index >= 15 is 0 Å². The van der Waals surface area contributed by atoms with Gasteiger partial charge in [-0.15, -0.1) is 0 Å². The fourth-order valence-corrected chi connectivity index (χ4v) is 4.28. The lowest BCUT2D eigenvalue weighted by Gasteiger charge is -2.44. The van der Waals surface area contributed by atoms with Crippen LogP contribution in [0.1, 0.15) is 26.2 Å². The summed E-state index contributed by atoms with van der Waals surface area (Å²) in [7, 11) is 0. The molecule has 0 bridgehead atoms. The molecule has 2 fully saturated rings. The Morgan fingerprint density at radius 2 is 2.03 bits per heavy atom. The van der Waals surface area contributed by atoms with Crippen molar-refractivity contribution in [2.75, 3.05) is 23.7 Å². The predicted octanol–water partition coefficient (Wildman–Crippen LogP) is 3.65. The van der Waals surface area contributed by atoms with Crippen molar-refractivity contribution in [2.45, 2.75) is 37.9 Å². The molecule has 2 saturated heterocycles. The molecule has 7 nitrogen and oxygen atoms in total. The van der Waals surface area contributed by atoms with E-state index in [9.17, 15) is 14.0 Å². The van der Waals surface area contributed by atoms with Crippen LogP contribution in [0.2, 0.25) is 0 Å². The molecular formula is C22H25FN4O3. The Balaban J connectivity index is 1.34. The van der Waals surface area contributed by atoms with Crippen molar-refractivity contribution in [3.05, 3.63) is 54.6 Å². The number of rotatable bonds is 3. The molecule has 30 heavy (non-hydrogen) atoms. The topological polar surface area (TPSA) is 83.6 Å². The second kappa shape index (κ2) is 8.39. The number of carbonyl (C=O) groups excluding carboxylic acids is 2. The Bertz CT molecular complexity index is 926. The molecule has 0 aliphatic carbocycles. The molecule has 1 aromatic carbocycles. The summed E-state index contributed by atoms with van der Waals surface area (Å²) in [5, 5.41) is 5.59. The number of carbonyl (C=O) groups is 2. The number of aromatic nitrogens is 1. The largest absolute Gasteiger partial charge is 0.362 e. The van der Waals surface area contributed by atoms with E-state index in [0.717, 1.165) is 6.42 Å². The molecule has 0 radical (unpaired) electrons. The summed E-state index contributed by atoms with van der Waals surface area (Å²) in [5.74, 6) is -0.493. The second-order valence-electron chi connectivity index (χ2n) is 7.98. The van der Waals surface area contributed by atoms with E-state index in [-0.39, 0.29) is 17.9 Å². The van der Waals surface area contributed by atoms with Crippen molar-refractivity contribution in [1.82, 2.24) is 9.88 Å². The van der Waals surface area contributed by atoms with Gasteiger partial charge in [-0.2, -0.15) is 0 Å². The maximum atomic E-state index is 13.3. The average Bonchev–Trinajstić information content (AvgIpc) is 3.16. The molecule has 2 N–H and O–H groups in total. The fourth-order valence-electron chi connectivity index (χ4n) is 4.28. The first-order chi connectivity index (χ1) is 14.4. The summed E-state index contributed by atoms with van der Waals surface area (Å²) in [5.41, 5.74) is 0.660. The zero-order valence-corrected chi connectivity index (χ0v) is 16.8. The number of hydrogen-bond donors (Lipinski definition) is 2. The minimum Gasteiger partial charge on any atom is -0.362 e. The maximum absolute atomic E-state index is 13.3. The van der Waals surface area contributed by atoms with Crippen molar-refractivity contribution < 1.29 is 18.7 Å². The summed E-state index contributed by atoms with van der Waals surface area (Å²) >= 11 is 0. The van der Waals surface area contributed by atoms with Crippen LogP contribution < -0.4 is 10.6 Å². The van der Waals surface area contributed by atoms with E-state index in [0.29, 0.717) is 37.3 Å². The minimum absolute atomic E-state index is 0.0701. The number of urea groups is 1. The lowest BCUT2D eigenvalue weighted by molar-refractivity contribution is -0.141. The average molecular weight is 412 g/mol. The number of pyridine rings is 1. The van der Waals surface area contributed by atoms with Gasteiger partial charge in [0, 0.05) is 30.9 Å². The normalized spacial score (nSPS) is 25.9. The van der Waals surface area contributed by atoms with E-state index in [1.807, 2.05) is 6.92 Å². The number of nitrogens with zero attached hydrogens (tertiary/aromatic N) is 2. The van der Waals surface area contributed by atoms with Gasteiger partial charge in [-0.05, 0) is 49.6 Å². The third-order valence-corrected chi connectivity index (χ3v) is 5.99. The van der Waals surface area contributed by atoms with Gasteiger partial charge in [0.15, 0.2) is 0 Å². The monoisotopic (exact) mass is 412 g/mol. The molecule has 158 valence electrons. The molecule has 0 unspecified atom stereocenters. The number of ether oxygens (including phenoxy) is 1. The van der Waals surface area contributed by atoms with E-state index in [4.69, 9.17) is 4.74 Å². The van der Waals surface area contributed by atoms with E-state index in [1.165, 1.54) is 12.1 Å². The van der Waals surface area contributed by atoms with E-state index in [2.05, 4.69) is 15.6 Å². The van der Waals surface area contributed by atoms with Crippen LogP contribution >= 0.6 is 0 Å². The zero-order chi connectivity index (χ0) is 21.1. The molecule has 0 saturated carbocycles. The first-order valence-corrected chi connectivity index (χ1v) is 10.2. The predicted molar refractivity (Wildman–Crippen MR) is 110 cm³/mol. The van der Waals surface area contributed by atoms with Gasteiger partial charge in [0.05, 0.1) is 17.5 Å². The summed E-state index contributed by atoms with van der Waals surface area (Å²) in [4.78, 5) is 30.9. The van der Waals surface area contributed by atoms with Crippen LogP contribution in [0.25, 0.3) is 0 Å². The lowest BCUT2D eigenvalue weighted by Crippen LogP contribution is -2.53. The van der Waals surface area contributed by atoms with Crippen molar-refractivity contribution in [3.63, 3.8) is 0 Å². The summed E-state index contributed by atoms with van der Waals surface area (Å²) in [6.45, 7) is 3.07. The summed E-state index contributed by atoms with van der Waals surface area (Å²) in [6, 6.07) is 9.13. The highest BCUT2D eigenvalue weighted by Crippen LogP contribution is 2.42. The van der Waals surface area contributed by atoms with Gasteiger partial charge in [-0.1, -0.05) is 13.0 Å². The maximum Gasteiger partial charge on any atom is 0.321 e. The molecule has 8 heteroatoms. The van der Waals surface area contributed by atoms with Crippen LogP contribution in [0.5, 0.6) is 0 Å². The molecule has 1 spiro atoms.